The topological polar surface area (TPSA) is 106 Å². The summed E-state index contributed by atoms with van der Waals surface area (Å²) in [6.07, 6.45) is 4.75. The number of nitrogens with zero attached hydrogens (tertiary/aromatic N) is 1. The molecule has 0 aliphatic carbocycles. The fourth-order valence-electron chi connectivity index (χ4n) is 3.12. The first kappa shape index (κ1) is 17.9. The third-order valence-electron chi connectivity index (χ3n) is 4.61. The standard InChI is InChI=1S/C21H17N3O3S/c1-28(26,27)17-4-2-3-15(9-17)16-10-18-19(12-24-21(18)23-11-16)13-5-7-14(8-6-13)20(22)25/h2-12H,1H3,(H2,22,25)(H,23,24). The second kappa shape index (κ2) is 6.61. The molecule has 0 fully saturated rings. The van der Waals surface area contributed by atoms with Crippen molar-refractivity contribution in [3.8, 4) is 22.3 Å². The monoisotopic (exact) mass is 391 g/mol. The Balaban J connectivity index is 1.82. The highest BCUT2D eigenvalue weighted by atomic mass is 32.2. The molecule has 0 bridgehead atoms. The van der Waals surface area contributed by atoms with Crippen LogP contribution in [0.3, 0.4) is 0 Å². The van der Waals surface area contributed by atoms with Crippen LogP contribution < -0.4 is 5.73 Å². The first-order valence-corrected chi connectivity index (χ1v) is 10.4. The van der Waals surface area contributed by atoms with Crippen LogP contribution in [0, 0.1) is 0 Å². The Labute approximate surface area is 162 Å². The third kappa shape index (κ3) is 3.27. The smallest absolute Gasteiger partial charge is 0.248 e. The van der Waals surface area contributed by atoms with Crippen LogP contribution in [-0.4, -0.2) is 30.5 Å². The van der Waals surface area contributed by atoms with Crippen molar-refractivity contribution in [3.63, 3.8) is 0 Å². The fraction of sp³-hybridized carbons (Fsp3) is 0.0476. The highest BCUT2D eigenvalue weighted by Gasteiger charge is 2.12. The number of fused-ring (bicyclic) bond motifs is 1. The van der Waals surface area contributed by atoms with E-state index in [2.05, 4.69) is 9.97 Å². The average Bonchev–Trinajstić information content (AvgIpc) is 3.10. The van der Waals surface area contributed by atoms with Crippen LogP contribution in [0.25, 0.3) is 33.3 Å². The summed E-state index contributed by atoms with van der Waals surface area (Å²) in [5, 5.41) is 0.897. The number of hydrogen-bond acceptors (Lipinski definition) is 4. The molecule has 2 aromatic carbocycles. The van der Waals surface area contributed by atoms with Crippen LogP contribution >= 0.6 is 0 Å². The molecule has 0 spiro atoms. The van der Waals surface area contributed by atoms with E-state index in [4.69, 9.17) is 5.73 Å². The number of benzene rings is 2. The number of hydrogen-bond donors (Lipinski definition) is 2. The van der Waals surface area contributed by atoms with Crippen molar-refractivity contribution in [2.45, 2.75) is 4.90 Å². The molecule has 28 heavy (non-hydrogen) atoms. The second-order valence-corrected chi connectivity index (χ2v) is 8.58. The quantitative estimate of drug-likeness (QED) is 0.556. The zero-order chi connectivity index (χ0) is 19.9. The molecule has 1 amide bonds. The summed E-state index contributed by atoms with van der Waals surface area (Å²) in [7, 11) is -3.29. The van der Waals surface area contributed by atoms with E-state index in [-0.39, 0.29) is 4.90 Å². The summed E-state index contributed by atoms with van der Waals surface area (Å²) >= 11 is 0. The average molecular weight is 391 g/mol. The van der Waals surface area contributed by atoms with Crippen molar-refractivity contribution in [2.24, 2.45) is 5.73 Å². The van der Waals surface area contributed by atoms with Crippen molar-refractivity contribution < 1.29 is 13.2 Å². The molecule has 0 saturated heterocycles. The predicted molar refractivity (Wildman–Crippen MR) is 109 cm³/mol. The Morgan fingerprint density at radius 1 is 1.00 bits per heavy atom. The van der Waals surface area contributed by atoms with Gasteiger partial charge in [-0.15, -0.1) is 0 Å². The number of sulfone groups is 1. The van der Waals surface area contributed by atoms with E-state index in [0.717, 1.165) is 33.3 Å². The number of carbonyl (C=O) groups is 1. The van der Waals surface area contributed by atoms with E-state index in [1.165, 1.54) is 6.26 Å². The van der Waals surface area contributed by atoms with Gasteiger partial charge in [-0.1, -0.05) is 24.3 Å². The summed E-state index contributed by atoms with van der Waals surface area (Å²) in [5.74, 6) is -0.472. The zero-order valence-electron chi connectivity index (χ0n) is 15.0. The molecular formula is C21H17N3O3S. The Morgan fingerprint density at radius 2 is 1.75 bits per heavy atom. The molecule has 4 aromatic rings. The second-order valence-electron chi connectivity index (χ2n) is 6.56. The molecule has 3 N–H and O–H groups in total. The van der Waals surface area contributed by atoms with E-state index in [9.17, 15) is 13.2 Å². The molecule has 0 saturated carbocycles. The van der Waals surface area contributed by atoms with Gasteiger partial charge in [0.2, 0.25) is 5.91 Å². The maximum Gasteiger partial charge on any atom is 0.248 e. The number of pyridine rings is 1. The molecule has 0 radical (unpaired) electrons. The maximum atomic E-state index is 11.8. The molecule has 2 heterocycles. The first-order valence-electron chi connectivity index (χ1n) is 8.51. The van der Waals surface area contributed by atoms with Gasteiger partial charge in [-0.3, -0.25) is 4.79 Å². The minimum atomic E-state index is -3.29. The predicted octanol–water partition coefficient (Wildman–Crippen LogP) is 3.40. The van der Waals surface area contributed by atoms with Gasteiger partial charge in [0.15, 0.2) is 9.84 Å². The van der Waals surface area contributed by atoms with Gasteiger partial charge in [0, 0.05) is 40.7 Å². The lowest BCUT2D eigenvalue weighted by Crippen LogP contribution is -2.10. The van der Waals surface area contributed by atoms with Crippen LogP contribution in [0.4, 0.5) is 0 Å². The van der Waals surface area contributed by atoms with Gasteiger partial charge in [0.1, 0.15) is 5.65 Å². The number of primary amides is 1. The molecule has 0 aliphatic rings. The molecule has 2 aromatic heterocycles. The van der Waals surface area contributed by atoms with E-state index < -0.39 is 15.7 Å². The van der Waals surface area contributed by atoms with Crippen molar-refractivity contribution in [1.29, 1.82) is 0 Å². The number of carbonyl (C=O) groups excluding carboxylic acids is 1. The van der Waals surface area contributed by atoms with Crippen LogP contribution in [-0.2, 0) is 9.84 Å². The van der Waals surface area contributed by atoms with Gasteiger partial charge in [0.05, 0.1) is 4.90 Å². The lowest BCUT2D eigenvalue weighted by atomic mass is 10.0. The van der Waals surface area contributed by atoms with Crippen molar-refractivity contribution in [2.75, 3.05) is 6.26 Å². The molecule has 0 unspecified atom stereocenters. The number of amides is 1. The molecule has 4 rings (SSSR count). The van der Waals surface area contributed by atoms with Gasteiger partial charge in [-0.05, 0) is 41.5 Å². The summed E-state index contributed by atoms with van der Waals surface area (Å²) < 4.78 is 23.7. The Hall–Kier alpha value is -3.45. The number of nitrogens with two attached hydrogens (primary N) is 1. The zero-order valence-corrected chi connectivity index (χ0v) is 15.8. The lowest BCUT2D eigenvalue weighted by Gasteiger charge is -2.06. The summed E-state index contributed by atoms with van der Waals surface area (Å²) in [4.78, 5) is 19.1. The number of aromatic amines is 1. The summed E-state index contributed by atoms with van der Waals surface area (Å²) in [6.45, 7) is 0. The fourth-order valence-corrected chi connectivity index (χ4v) is 3.79. The molecule has 0 atom stereocenters. The van der Waals surface area contributed by atoms with Crippen molar-refractivity contribution in [1.82, 2.24) is 9.97 Å². The third-order valence-corrected chi connectivity index (χ3v) is 5.72. The number of rotatable bonds is 4. The minimum absolute atomic E-state index is 0.265. The molecule has 7 heteroatoms. The Morgan fingerprint density at radius 3 is 2.43 bits per heavy atom. The minimum Gasteiger partial charge on any atom is -0.366 e. The van der Waals surface area contributed by atoms with E-state index in [1.54, 1.807) is 36.5 Å². The van der Waals surface area contributed by atoms with Gasteiger partial charge in [-0.25, -0.2) is 13.4 Å². The maximum absolute atomic E-state index is 11.8. The summed E-state index contributed by atoms with van der Waals surface area (Å²) in [6, 6.07) is 15.8. The number of H-pyrrole nitrogens is 1. The van der Waals surface area contributed by atoms with Crippen molar-refractivity contribution >= 4 is 26.8 Å². The first-order chi connectivity index (χ1) is 13.3. The van der Waals surface area contributed by atoms with Gasteiger partial charge < -0.3 is 10.7 Å². The van der Waals surface area contributed by atoms with Crippen LogP contribution in [0.5, 0.6) is 0 Å². The highest BCUT2D eigenvalue weighted by Crippen LogP contribution is 2.31. The van der Waals surface area contributed by atoms with Gasteiger partial charge in [0.25, 0.3) is 0 Å². The van der Waals surface area contributed by atoms with E-state index in [0.29, 0.717) is 5.56 Å². The van der Waals surface area contributed by atoms with Crippen LogP contribution in [0.15, 0.2) is 71.9 Å². The SMILES string of the molecule is CS(=O)(=O)c1cccc(-c2cnc3[nH]cc(-c4ccc(C(N)=O)cc4)c3c2)c1. The van der Waals surface area contributed by atoms with Crippen molar-refractivity contribution in [3.05, 3.63) is 72.6 Å². The summed E-state index contributed by atoms with van der Waals surface area (Å²) in [5.41, 5.74) is 9.90. The Kier molecular flexibility index (Phi) is 4.24. The highest BCUT2D eigenvalue weighted by molar-refractivity contribution is 7.90. The van der Waals surface area contributed by atoms with Gasteiger partial charge in [-0.2, -0.15) is 0 Å². The van der Waals surface area contributed by atoms with Crippen LogP contribution in [0.2, 0.25) is 0 Å². The van der Waals surface area contributed by atoms with Crippen LogP contribution in [0.1, 0.15) is 10.4 Å². The lowest BCUT2D eigenvalue weighted by molar-refractivity contribution is 0.100. The molecule has 140 valence electrons. The van der Waals surface area contributed by atoms with E-state index in [1.807, 2.05) is 30.5 Å². The number of nitrogens with one attached hydrogen (secondary N) is 1. The molecular weight excluding hydrogens is 374 g/mol. The van der Waals surface area contributed by atoms with E-state index >= 15 is 0 Å². The molecule has 6 nitrogen and oxygen atoms in total. The largest absolute Gasteiger partial charge is 0.366 e. The normalized spacial score (nSPS) is 11.6. The number of aromatic nitrogens is 2. The van der Waals surface area contributed by atoms with Gasteiger partial charge >= 0.3 is 0 Å². The molecule has 0 aliphatic heterocycles. The Bertz CT molecular complexity index is 1310.